The van der Waals surface area contributed by atoms with Crippen LogP contribution in [-0.2, 0) is 11.3 Å². The van der Waals surface area contributed by atoms with E-state index in [1.807, 2.05) is 18.2 Å². The van der Waals surface area contributed by atoms with Gasteiger partial charge in [-0.25, -0.2) is 4.68 Å². The van der Waals surface area contributed by atoms with Gasteiger partial charge in [-0.2, -0.15) is 0 Å². The third kappa shape index (κ3) is 3.58. The van der Waals surface area contributed by atoms with Gasteiger partial charge in [-0.05, 0) is 34.0 Å². The molecule has 2 aromatic rings. The summed E-state index contributed by atoms with van der Waals surface area (Å²) in [6, 6.07) is 5.63. The molecular formula is C15H19N5O3. The second-order valence-electron chi connectivity index (χ2n) is 5.70. The number of hydrogen-bond acceptors (Lipinski definition) is 6. The van der Waals surface area contributed by atoms with Crippen LogP contribution in [0.15, 0.2) is 24.5 Å². The SMILES string of the molecule is CC(C)C(NC(=O)Cn1cnnn1)c1ccc2c(c1)OCCO2. The van der Waals surface area contributed by atoms with Crippen molar-refractivity contribution in [3.63, 3.8) is 0 Å². The van der Waals surface area contributed by atoms with E-state index in [0.717, 1.165) is 11.3 Å². The van der Waals surface area contributed by atoms with Crippen LogP contribution in [0.1, 0.15) is 25.5 Å². The van der Waals surface area contributed by atoms with Crippen LogP contribution in [0.4, 0.5) is 0 Å². The van der Waals surface area contributed by atoms with Crippen molar-refractivity contribution in [1.82, 2.24) is 25.5 Å². The van der Waals surface area contributed by atoms with Crippen LogP contribution < -0.4 is 14.8 Å². The maximum atomic E-state index is 12.2. The number of nitrogens with one attached hydrogen (secondary N) is 1. The minimum Gasteiger partial charge on any atom is -0.486 e. The predicted molar refractivity (Wildman–Crippen MR) is 81.0 cm³/mol. The average Bonchev–Trinajstić information content (AvgIpc) is 3.05. The lowest BCUT2D eigenvalue weighted by atomic mass is 9.95. The highest BCUT2D eigenvalue weighted by molar-refractivity contribution is 5.76. The molecule has 1 aliphatic heterocycles. The van der Waals surface area contributed by atoms with Gasteiger partial charge in [0.05, 0.1) is 6.04 Å². The molecule has 1 aliphatic rings. The largest absolute Gasteiger partial charge is 0.486 e. The van der Waals surface area contributed by atoms with Crippen molar-refractivity contribution in [1.29, 1.82) is 0 Å². The van der Waals surface area contributed by atoms with Gasteiger partial charge in [0.2, 0.25) is 5.91 Å². The Morgan fingerprint density at radius 3 is 2.78 bits per heavy atom. The molecular weight excluding hydrogens is 298 g/mol. The quantitative estimate of drug-likeness (QED) is 0.883. The number of carbonyl (C=O) groups excluding carboxylic acids is 1. The van der Waals surface area contributed by atoms with E-state index in [1.165, 1.54) is 11.0 Å². The standard InChI is InChI=1S/C15H19N5O3/c1-10(2)15(17-14(21)8-20-9-16-18-19-20)11-3-4-12-13(7-11)23-6-5-22-12/h3-4,7,9-10,15H,5-6,8H2,1-2H3,(H,17,21). The van der Waals surface area contributed by atoms with Crippen LogP contribution in [0, 0.1) is 5.92 Å². The molecule has 122 valence electrons. The van der Waals surface area contributed by atoms with Gasteiger partial charge in [0.15, 0.2) is 11.5 Å². The first-order valence-electron chi connectivity index (χ1n) is 7.53. The Hall–Kier alpha value is -2.64. The Kier molecular flexibility index (Phi) is 4.40. The lowest BCUT2D eigenvalue weighted by molar-refractivity contribution is -0.123. The first-order chi connectivity index (χ1) is 11.1. The Labute approximate surface area is 133 Å². The molecule has 1 amide bonds. The maximum Gasteiger partial charge on any atom is 0.242 e. The van der Waals surface area contributed by atoms with Crippen molar-refractivity contribution in [2.45, 2.75) is 26.4 Å². The van der Waals surface area contributed by atoms with Crippen LogP contribution in [0.25, 0.3) is 0 Å². The summed E-state index contributed by atoms with van der Waals surface area (Å²) < 4.78 is 12.5. The molecule has 1 N–H and O–H groups in total. The minimum absolute atomic E-state index is 0.0841. The molecule has 0 spiro atoms. The fourth-order valence-corrected chi connectivity index (χ4v) is 2.51. The Bertz CT molecular complexity index is 672. The van der Waals surface area contributed by atoms with E-state index < -0.39 is 0 Å². The summed E-state index contributed by atoms with van der Waals surface area (Å²) in [4.78, 5) is 12.2. The molecule has 3 rings (SSSR count). The van der Waals surface area contributed by atoms with Gasteiger partial charge in [-0.15, -0.1) is 5.10 Å². The van der Waals surface area contributed by atoms with Crippen molar-refractivity contribution >= 4 is 5.91 Å². The molecule has 1 aromatic carbocycles. The zero-order valence-corrected chi connectivity index (χ0v) is 13.1. The fraction of sp³-hybridized carbons (Fsp3) is 0.467. The Morgan fingerprint density at radius 2 is 2.09 bits per heavy atom. The van der Waals surface area contributed by atoms with Crippen LogP contribution in [0.5, 0.6) is 11.5 Å². The zero-order chi connectivity index (χ0) is 16.2. The number of tetrazole rings is 1. The highest BCUT2D eigenvalue weighted by atomic mass is 16.6. The number of ether oxygens (including phenoxy) is 2. The Balaban J connectivity index is 1.74. The molecule has 23 heavy (non-hydrogen) atoms. The summed E-state index contributed by atoms with van der Waals surface area (Å²) in [6.45, 7) is 5.29. The number of benzene rings is 1. The number of rotatable bonds is 5. The smallest absolute Gasteiger partial charge is 0.242 e. The van der Waals surface area contributed by atoms with Gasteiger partial charge in [-0.3, -0.25) is 4.79 Å². The van der Waals surface area contributed by atoms with Crippen molar-refractivity contribution in [3.8, 4) is 11.5 Å². The van der Waals surface area contributed by atoms with Crippen molar-refractivity contribution in [2.24, 2.45) is 5.92 Å². The van der Waals surface area contributed by atoms with Crippen LogP contribution >= 0.6 is 0 Å². The van der Waals surface area contributed by atoms with Crippen molar-refractivity contribution in [2.75, 3.05) is 13.2 Å². The molecule has 0 bridgehead atoms. The van der Waals surface area contributed by atoms with Crippen molar-refractivity contribution < 1.29 is 14.3 Å². The summed E-state index contributed by atoms with van der Waals surface area (Å²) in [5.74, 6) is 1.53. The maximum absolute atomic E-state index is 12.2. The van der Waals surface area contributed by atoms with Gasteiger partial charge in [0.1, 0.15) is 26.1 Å². The van der Waals surface area contributed by atoms with Crippen LogP contribution in [0.2, 0.25) is 0 Å². The fourth-order valence-electron chi connectivity index (χ4n) is 2.51. The number of amides is 1. The van der Waals surface area contributed by atoms with E-state index in [9.17, 15) is 4.79 Å². The summed E-state index contributed by atoms with van der Waals surface area (Å²) in [7, 11) is 0. The van der Waals surface area contributed by atoms with Crippen LogP contribution in [0.3, 0.4) is 0 Å². The number of carbonyl (C=O) groups is 1. The van der Waals surface area contributed by atoms with E-state index >= 15 is 0 Å². The molecule has 1 atom stereocenters. The van der Waals surface area contributed by atoms with Gasteiger partial charge in [0.25, 0.3) is 0 Å². The normalized spacial score (nSPS) is 14.6. The van der Waals surface area contributed by atoms with Gasteiger partial charge < -0.3 is 14.8 Å². The van der Waals surface area contributed by atoms with E-state index in [4.69, 9.17) is 9.47 Å². The molecule has 2 heterocycles. The summed E-state index contributed by atoms with van der Waals surface area (Å²) in [6.07, 6.45) is 1.41. The second kappa shape index (κ2) is 6.64. The van der Waals surface area contributed by atoms with E-state index in [1.54, 1.807) is 0 Å². The highest BCUT2D eigenvalue weighted by Gasteiger charge is 2.21. The first kappa shape index (κ1) is 15.3. The first-order valence-corrected chi connectivity index (χ1v) is 7.53. The van der Waals surface area contributed by atoms with Gasteiger partial charge >= 0.3 is 0 Å². The third-order valence-electron chi connectivity index (χ3n) is 3.61. The van der Waals surface area contributed by atoms with E-state index in [-0.39, 0.29) is 24.4 Å². The van der Waals surface area contributed by atoms with Crippen LogP contribution in [-0.4, -0.2) is 39.3 Å². The molecule has 0 saturated heterocycles. The molecule has 1 unspecified atom stereocenters. The number of fused-ring (bicyclic) bond motifs is 1. The van der Waals surface area contributed by atoms with Gasteiger partial charge in [-0.1, -0.05) is 19.9 Å². The zero-order valence-electron chi connectivity index (χ0n) is 13.1. The topological polar surface area (TPSA) is 91.2 Å². The number of hydrogen-bond donors (Lipinski definition) is 1. The van der Waals surface area contributed by atoms with E-state index in [0.29, 0.717) is 19.0 Å². The molecule has 8 heteroatoms. The summed E-state index contributed by atoms with van der Waals surface area (Å²) >= 11 is 0. The van der Waals surface area contributed by atoms with Gasteiger partial charge in [0, 0.05) is 0 Å². The molecule has 1 aromatic heterocycles. The molecule has 0 saturated carbocycles. The molecule has 0 aliphatic carbocycles. The summed E-state index contributed by atoms with van der Waals surface area (Å²) in [5, 5.41) is 13.8. The molecule has 0 fully saturated rings. The lowest BCUT2D eigenvalue weighted by Gasteiger charge is -2.25. The number of nitrogens with zero attached hydrogens (tertiary/aromatic N) is 4. The molecule has 0 radical (unpaired) electrons. The number of aromatic nitrogens is 4. The second-order valence-corrected chi connectivity index (χ2v) is 5.70. The summed E-state index contributed by atoms with van der Waals surface area (Å²) in [5.41, 5.74) is 0.981. The monoisotopic (exact) mass is 317 g/mol. The average molecular weight is 317 g/mol. The highest BCUT2D eigenvalue weighted by Crippen LogP contribution is 2.34. The minimum atomic E-state index is -0.147. The Morgan fingerprint density at radius 1 is 1.30 bits per heavy atom. The molecule has 8 nitrogen and oxygen atoms in total. The van der Waals surface area contributed by atoms with E-state index in [2.05, 4.69) is 34.7 Å². The predicted octanol–water partition coefficient (Wildman–Crippen LogP) is 0.958. The van der Waals surface area contributed by atoms with Crippen molar-refractivity contribution in [3.05, 3.63) is 30.1 Å². The third-order valence-corrected chi connectivity index (χ3v) is 3.61. The lowest BCUT2D eigenvalue weighted by Crippen LogP contribution is -2.34.